The minimum atomic E-state index is -0.407. The van der Waals surface area contributed by atoms with E-state index in [1.807, 2.05) is 49.4 Å². The van der Waals surface area contributed by atoms with Gasteiger partial charge in [-0.1, -0.05) is 44.2 Å². The number of hydrogen-bond acceptors (Lipinski definition) is 3. The Kier molecular flexibility index (Phi) is 5.19. The first-order valence-electron chi connectivity index (χ1n) is 9.02. The summed E-state index contributed by atoms with van der Waals surface area (Å²) in [5.74, 6) is -0.0869. The molecule has 0 aliphatic heterocycles. The first-order valence-corrected chi connectivity index (χ1v) is 9.02. The first kappa shape index (κ1) is 18.3. The van der Waals surface area contributed by atoms with Crippen LogP contribution in [0.25, 0.3) is 17.0 Å². The van der Waals surface area contributed by atoms with E-state index in [0.29, 0.717) is 0 Å². The van der Waals surface area contributed by atoms with Gasteiger partial charge in [0.2, 0.25) is 0 Å². The van der Waals surface area contributed by atoms with Crippen molar-refractivity contribution in [2.45, 2.75) is 39.7 Å². The van der Waals surface area contributed by atoms with E-state index in [9.17, 15) is 9.90 Å². The molecule has 3 heteroatoms. The average Bonchev–Trinajstić information content (AvgIpc) is 2.63. The number of allylic oxidation sites excluding steroid dienone is 4. The van der Waals surface area contributed by atoms with Crippen LogP contribution in [0.4, 0.5) is 0 Å². The van der Waals surface area contributed by atoms with Crippen LogP contribution in [0.1, 0.15) is 39.3 Å². The van der Waals surface area contributed by atoms with Gasteiger partial charge >= 0.3 is 0 Å². The first-order chi connectivity index (χ1) is 12.4. The van der Waals surface area contributed by atoms with Crippen LogP contribution in [0.15, 0.2) is 65.8 Å². The zero-order valence-corrected chi connectivity index (χ0v) is 15.6. The predicted molar refractivity (Wildman–Crippen MR) is 107 cm³/mol. The number of aromatic nitrogens is 1. The SMILES string of the molecule is CC1=C(C=CC(=O)C=Cc2ccc3ccccc3n2)C(C)(C)CCC1O. The fraction of sp³-hybridized carbons (Fsp3) is 0.304. The molecule has 26 heavy (non-hydrogen) atoms. The maximum Gasteiger partial charge on any atom is 0.178 e. The van der Waals surface area contributed by atoms with Crippen LogP contribution in [-0.2, 0) is 4.79 Å². The number of aliphatic hydroxyl groups is 1. The van der Waals surface area contributed by atoms with Gasteiger partial charge in [-0.25, -0.2) is 4.98 Å². The average molecular weight is 347 g/mol. The molecule has 0 saturated heterocycles. The largest absolute Gasteiger partial charge is 0.389 e. The topological polar surface area (TPSA) is 50.2 Å². The summed E-state index contributed by atoms with van der Waals surface area (Å²) in [4.78, 5) is 16.8. The fourth-order valence-corrected chi connectivity index (χ4v) is 3.48. The van der Waals surface area contributed by atoms with Crippen molar-refractivity contribution < 1.29 is 9.90 Å². The van der Waals surface area contributed by atoms with Crippen LogP contribution in [0.3, 0.4) is 0 Å². The third-order valence-electron chi connectivity index (χ3n) is 5.15. The molecule has 1 N–H and O–H groups in total. The monoisotopic (exact) mass is 347 g/mol. The van der Waals surface area contributed by atoms with E-state index in [1.54, 1.807) is 12.2 Å². The standard InChI is InChI=1S/C23H25NO2/c1-16-20(23(2,3)15-14-22(16)26)13-12-19(25)11-10-18-9-8-17-6-4-5-7-21(17)24-18/h4-13,22,26H,14-15H2,1-3H3. The molecule has 1 aliphatic carbocycles. The van der Waals surface area contributed by atoms with Crippen molar-refractivity contribution in [1.29, 1.82) is 0 Å². The van der Waals surface area contributed by atoms with E-state index in [4.69, 9.17) is 0 Å². The van der Waals surface area contributed by atoms with E-state index in [1.165, 1.54) is 6.08 Å². The number of nitrogens with zero attached hydrogens (tertiary/aromatic N) is 1. The Morgan fingerprint density at radius 2 is 1.88 bits per heavy atom. The second-order valence-corrected chi connectivity index (χ2v) is 7.53. The number of para-hydroxylation sites is 1. The van der Waals surface area contributed by atoms with Gasteiger partial charge < -0.3 is 5.11 Å². The van der Waals surface area contributed by atoms with Gasteiger partial charge in [0.25, 0.3) is 0 Å². The van der Waals surface area contributed by atoms with Crippen molar-refractivity contribution in [1.82, 2.24) is 4.98 Å². The third-order valence-corrected chi connectivity index (χ3v) is 5.15. The van der Waals surface area contributed by atoms with Crippen molar-refractivity contribution >= 4 is 22.8 Å². The highest BCUT2D eigenvalue weighted by atomic mass is 16.3. The molecule has 0 saturated carbocycles. The molecule has 134 valence electrons. The Labute approximate surface area is 154 Å². The molecule has 1 atom stereocenters. The molecular weight excluding hydrogens is 322 g/mol. The summed E-state index contributed by atoms with van der Waals surface area (Å²) in [7, 11) is 0. The normalized spacial score (nSPS) is 20.4. The predicted octanol–water partition coefficient (Wildman–Crippen LogP) is 4.87. The van der Waals surface area contributed by atoms with E-state index in [2.05, 4.69) is 18.8 Å². The molecule has 1 heterocycles. The van der Waals surface area contributed by atoms with Crippen LogP contribution in [0.5, 0.6) is 0 Å². The third kappa shape index (κ3) is 4.00. The minimum absolute atomic E-state index is 0.0241. The van der Waals surface area contributed by atoms with Gasteiger partial charge in [0.05, 0.1) is 17.3 Å². The highest BCUT2D eigenvalue weighted by molar-refractivity contribution is 6.02. The Hall–Kier alpha value is -2.52. The molecule has 0 spiro atoms. The summed E-state index contributed by atoms with van der Waals surface area (Å²) in [5, 5.41) is 11.2. The summed E-state index contributed by atoms with van der Waals surface area (Å²) in [6, 6.07) is 11.8. The van der Waals surface area contributed by atoms with E-state index in [0.717, 1.165) is 40.6 Å². The fourth-order valence-electron chi connectivity index (χ4n) is 3.48. The lowest BCUT2D eigenvalue weighted by atomic mass is 9.71. The van der Waals surface area contributed by atoms with Crippen molar-refractivity contribution in [2.75, 3.05) is 0 Å². The van der Waals surface area contributed by atoms with Crippen LogP contribution in [-0.4, -0.2) is 22.0 Å². The molecule has 2 aromatic rings. The molecule has 1 unspecified atom stereocenters. The zero-order chi connectivity index (χ0) is 18.7. The molecule has 3 nitrogen and oxygen atoms in total. The van der Waals surface area contributed by atoms with Gasteiger partial charge in [-0.15, -0.1) is 0 Å². The van der Waals surface area contributed by atoms with Gasteiger partial charge in [0.1, 0.15) is 0 Å². The molecule has 3 rings (SSSR count). The number of fused-ring (bicyclic) bond motifs is 1. The second kappa shape index (κ2) is 7.38. The van der Waals surface area contributed by atoms with Gasteiger partial charge in [-0.05, 0) is 66.7 Å². The molecule has 0 amide bonds. The summed E-state index contributed by atoms with van der Waals surface area (Å²) in [6.07, 6.45) is 7.99. The molecular formula is C23H25NO2. The Bertz CT molecular complexity index is 919. The molecule has 0 fully saturated rings. The lowest BCUT2D eigenvalue weighted by Crippen LogP contribution is -2.27. The zero-order valence-electron chi connectivity index (χ0n) is 15.6. The van der Waals surface area contributed by atoms with Crippen molar-refractivity contribution in [2.24, 2.45) is 5.41 Å². The maximum absolute atomic E-state index is 12.2. The number of carbonyl (C=O) groups is 1. The summed E-state index contributed by atoms with van der Waals surface area (Å²) >= 11 is 0. The van der Waals surface area contributed by atoms with Gasteiger partial charge in [-0.3, -0.25) is 4.79 Å². The molecule has 1 aliphatic rings. The number of carbonyl (C=O) groups excluding carboxylic acids is 1. The summed E-state index contributed by atoms with van der Waals surface area (Å²) < 4.78 is 0. The van der Waals surface area contributed by atoms with E-state index >= 15 is 0 Å². The molecule has 0 bridgehead atoms. The van der Waals surface area contributed by atoms with Crippen molar-refractivity contribution in [3.63, 3.8) is 0 Å². The van der Waals surface area contributed by atoms with Crippen molar-refractivity contribution in [3.8, 4) is 0 Å². The molecule has 1 aromatic heterocycles. The lowest BCUT2D eigenvalue weighted by molar-refractivity contribution is -0.110. The number of benzene rings is 1. The van der Waals surface area contributed by atoms with Gasteiger partial charge in [-0.2, -0.15) is 0 Å². The van der Waals surface area contributed by atoms with Crippen molar-refractivity contribution in [3.05, 3.63) is 71.5 Å². The summed E-state index contributed by atoms with van der Waals surface area (Å²) in [5.41, 5.74) is 3.67. The number of hydrogen-bond donors (Lipinski definition) is 1. The van der Waals surface area contributed by atoms with Crippen LogP contribution in [0.2, 0.25) is 0 Å². The quantitative estimate of drug-likeness (QED) is 0.803. The van der Waals surface area contributed by atoms with Crippen LogP contribution >= 0.6 is 0 Å². The Balaban J connectivity index is 1.76. The number of pyridine rings is 1. The second-order valence-electron chi connectivity index (χ2n) is 7.53. The molecule has 1 aromatic carbocycles. The minimum Gasteiger partial charge on any atom is -0.389 e. The lowest BCUT2D eigenvalue weighted by Gasteiger charge is -2.35. The van der Waals surface area contributed by atoms with Gasteiger partial charge in [0.15, 0.2) is 5.78 Å². The van der Waals surface area contributed by atoms with Gasteiger partial charge in [0, 0.05) is 5.39 Å². The smallest absolute Gasteiger partial charge is 0.178 e. The highest BCUT2D eigenvalue weighted by Crippen LogP contribution is 2.40. The maximum atomic E-state index is 12.2. The number of ketones is 1. The number of aliphatic hydroxyl groups excluding tert-OH is 1. The Morgan fingerprint density at radius 1 is 1.15 bits per heavy atom. The van der Waals surface area contributed by atoms with Crippen LogP contribution < -0.4 is 0 Å². The summed E-state index contributed by atoms with van der Waals surface area (Å²) in [6.45, 7) is 6.26. The number of rotatable bonds is 4. The highest BCUT2D eigenvalue weighted by Gasteiger charge is 2.30. The Morgan fingerprint density at radius 3 is 2.69 bits per heavy atom. The van der Waals surface area contributed by atoms with E-state index < -0.39 is 6.10 Å². The van der Waals surface area contributed by atoms with E-state index in [-0.39, 0.29) is 11.2 Å². The molecule has 0 radical (unpaired) electrons. The van der Waals surface area contributed by atoms with Crippen LogP contribution in [0, 0.1) is 5.41 Å².